The van der Waals surface area contributed by atoms with Gasteiger partial charge in [0.1, 0.15) is 0 Å². The van der Waals surface area contributed by atoms with E-state index in [-0.39, 0.29) is 0 Å². The van der Waals surface area contributed by atoms with Crippen LogP contribution in [0.2, 0.25) is 0 Å². The third-order valence-corrected chi connectivity index (χ3v) is 3.79. The largest absolute Gasteiger partial charge is 0.249 e. The fraction of sp³-hybridized carbons (Fsp3) is 0.571. The molecule has 0 fully saturated rings. The van der Waals surface area contributed by atoms with Gasteiger partial charge in [-0.2, -0.15) is 0 Å². The number of rotatable bonds is 0. The van der Waals surface area contributed by atoms with E-state index in [4.69, 9.17) is 0 Å². The SMILES string of the molecule is IC1CCc2ncsc2C1. The summed E-state index contributed by atoms with van der Waals surface area (Å²) in [6, 6.07) is 0. The predicted octanol–water partition coefficient (Wildman–Crippen LogP) is 2.44. The monoisotopic (exact) mass is 265 g/mol. The predicted molar refractivity (Wildman–Crippen MR) is 51.9 cm³/mol. The van der Waals surface area contributed by atoms with Gasteiger partial charge in [-0.1, -0.05) is 22.6 Å². The first kappa shape index (κ1) is 7.03. The highest BCUT2D eigenvalue weighted by molar-refractivity contribution is 14.1. The van der Waals surface area contributed by atoms with E-state index < -0.39 is 0 Å². The molecule has 1 aromatic rings. The Labute approximate surface area is 78.0 Å². The van der Waals surface area contributed by atoms with Crippen LogP contribution in [0.3, 0.4) is 0 Å². The van der Waals surface area contributed by atoms with Crippen LogP contribution in [0.15, 0.2) is 5.51 Å². The highest BCUT2D eigenvalue weighted by atomic mass is 127. The molecule has 0 aliphatic heterocycles. The summed E-state index contributed by atoms with van der Waals surface area (Å²) < 4.78 is 0.852. The Kier molecular flexibility index (Phi) is 1.95. The number of hydrogen-bond donors (Lipinski definition) is 0. The highest BCUT2D eigenvalue weighted by Crippen LogP contribution is 2.27. The average molecular weight is 265 g/mol. The molecule has 0 bridgehead atoms. The van der Waals surface area contributed by atoms with E-state index >= 15 is 0 Å². The lowest BCUT2D eigenvalue weighted by atomic mass is 10.0. The summed E-state index contributed by atoms with van der Waals surface area (Å²) in [5, 5.41) is 0. The van der Waals surface area contributed by atoms with Crippen molar-refractivity contribution >= 4 is 33.9 Å². The van der Waals surface area contributed by atoms with Crippen molar-refractivity contribution in [2.24, 2.45) is 0 Å². The molecule has 10 heavy (non-hydrogen) atoms. The molecule has 1 aliphatic carbocycles. The summed E-state index contributed by atoms with van der Waals surface area (Å²) in [6.07, 6.45) is 3.77. The Balaban J connectivity index is 2.30. The first-order chi connectivity index (χ1) is 4.86. The van der Waals surface area contributed by atoms with Crippen molar-refractivity contribution in [2.75, 3.05) is 0 Å². The summed E-state index contributed by atoms with van der Waals surface area (Å²) in [7, 11) is 0. The molecule has 1 nitrogen and oxygen atoms in total. The number of halogens is 1. The minimum atomic E-state index is 0.852. The molecule has 54 valence electrons. The molecule has 0 aromatic carbocycles. The van der Waals surface area contributed by atoms with Gasteiger partial charge >= 0.3 is 0 Å². The Morgan fingerprint density at radius 1 is 1.70 bits per heavy atom. The maximum atomic E-state index is 4.31. The number of alkyl halides is 1. The fourth-order valence-corrected chi connectivity index (χ4v) is 3.21. The number of hydrogen-bond acceptors (Lipinski definition) is 2. The lowest BCUT2D eigenvalue weighted by molar-refractivity contribution is 0.718. The minimum absolute atomic E-state index is 0.852. The van der Waals surface area contributed by atoms with E-state index in [0.717, 1.165) is 3.92 Å². The zero-order valence-electron chi connectivity index (χ0n) is 5.51. The molecule has 3 heteroatoms. The fourth-order valence-electron chi connectivity index (χ4n) is 1.26. The Morgan fingerprint density at radius 3 is 3.50 bits per heavy atom. The summed E-state index contributed by atoms with van der Waals surface area (Å²) in [5.74, 6) is 0. The number of nitrogens with zero attached hydrogens (tertiary/aromatic N) is 1. The quantitative estimate of drug-likeness (QED) is 0.518. The van der Waals surface area contributed by atoms with Crippen molar-refractivity contribution in [1.82, 2.24) is 4.98 Å². The maximum absolute atomic E-state index is 4.31. The van der Waals surface area contributed by atoms with E-state index in [1.807, 2.05) is 16.8 Å². The van der Waals surface area contributed by atoms with Gasteiger partial charge in [-0.05, 0) is 19.3 Å². The molecule has 1 aliphatic rings. The van der Waals surface area contributed by atoms with E-state index in [2.05, 4.69) is 27.6 Å². The van der Waals surface area contributed by atoms with Crippen molar-refractivity contribution in [3.8, 4) is 0 Å². The lowest BCUT2D eigenvalue weighted by Gasteiger charge is -2.14. The molecule has 1 aromatic heterocycles. The van der Waals surface area contributed by atoms with Crippen LogP contribution in [0.1, 0.15) is 17.0 Å². The molecule has 2 rings (SSSR count). The molecular formula is C7H8INS. The van der Waals surface area contributed by atoms with Gasteiger partial charge in [-0.3, -0.25) is 0 Å². The van der Waals surface area contributed by atoms with Crippen LogP contribution in [-0.2, 0) is 12.8 Å². The summed E-state index contributed by atoms with van der Waals surface area (Å²) in [4.78, 5) is 5.83. The summed E-state index contributed by atoms with van der Waals surface area (Å²) >= 11 is 4.34. The topological polar surface area (TPSA) is 12.9 Å². The summed E-state index contributed by atoms with van der Waals surface area (Å²) in [5.41, 5.74) is 3.33. The zero-order chi connectivity index (χ0) is 6.97. The van der Waals surface area contributed by atoms with Crippen LogP contribution >= 0.6 is 33.9 Å². The van der Waals surface area contributed by atoms with Gasteiger partial charge in [-0.25, -0.2) is 4.98 Å². The molecule has 0 amide bonds. The number of aromatic nitrogens is 1. The van der Waals surface area contributed by atoms with Crippen molar-refractivity contribution < 1.29 is 0 Å². The maximum Gasteiger partial charge on any atom is 0.0797 e. The smallest absolute Gasteiger partial charge is 0.0797 e. The highest BCUT2D eigenvalue weighted by Gasteiger charge is 2.17. The van der Waals surface area contributed by atoms with Crippen molar-refractivity contribution in [1.29, 1.82) is 0 Å². The molecule has 0 spiro atoms. The third kappa shape index (κ3) is 1.21. The molecule has 0 N–H and O–H groups in total. The van der Waals surface area contributed by atoms with Crippen LogP contribution in [0, 0.1) is 0 Å². The Hall–Kier alpha value is 0.360. The first-order valence-corrected chi connectivity index (χ1v) is 5.54. The van der Waals surface area contributed by atoms with Gasteiger partial charge in [-0.15, -0.1) is 11.3 Å². The zero-order valence-corrected chi connectivity index (χ0v) is 8.48. The second-order valence-electron chi connectivity index (χ2n) is 2.56. The molecule has 1 heterocycles. The lowest BCUT2D eigenvalue weighted by Crippen LogP contribution is -2.11. The van der Waals surface area contributed by atoms with Crippen LogP contribution in [-0.4, -0.2) is 8.91 Å². The van der Waals surface area contributed by atoms with Crippen LogP contribution in [0.25, 0.3) is 0 Å². The van der Waals surface area contributed by atoms with Crippen molar-refractivity contribution in [3.05, 3.63) is 16.1 Å². The summed E-state index contributed by atoms with van der Waals surface area (Å²) in [6.45, 7) is 0. The van der Waals surface area contributed by atoms with E-state index in [1.54, 1.807) is 0 Å². The van der Waals surface area contributed by atoms with Gasteiger partial charge in [0.25, 0.3) is 0 Å². The third-order valence-electron chi connectivity index (χ3n) is 1.83. The van der Waals surface area contributed by atoms with Gasteiger partial charge in [0.05, 0.1) is 11.2 Å². The van der Waals surface area contributed by atoms with E-state index in [1.165, 1.54) is 29.8 Å². The molecule has 0 saturated heterocycles. The van der Waals surface area contributed by atoms with E-state index in [9.17, 15) is 0 Å². The number of thiazole rings is 1. The van der Waals surface area contributed by atoms with E-state index in [0.29, 0.717) is 0 Å². The second kappa shape index (κ2) is 2.77. The molecule has 1 atom stereocenters. The average Bonchev–Trinajstić information content (AvgIpc) is 2.33. The van der Waals surface area contributed by atoms with Gasteiger partial charge in [0.15, 0.2) is 0 Å². The van der Waals surface area contributed by atoms with Gasteiger partial charge in [0.2, 0.25) is 0 Å². The van der Waals surface area contributed by atoms with Gasteiger partial charge < -0.3 is 0 Å². The van der Waals surface area contributed by atoms with Crippen LogP contribution in [0.4, 0.5) is 0 Å². The number of fused-ring (bicyclic) bond motifs is 1. The Morgan fingerprint density at radius 2 is 2.60 bits per heavy atom. The molecule has 1 unspecified atom stereocenters. The second-order valence-corrected chi connectivity index (χ2v) is 5.26. The standard InChI is InChI=1S/C7H8INS/c8-5-1-2-6-7(3-5)10-4-9-6/h4-5H,1-3H2. The Bertz CT molecular complexity index is 233. The normalized spacial score (nSPS) is 24.3. The number of aryl methyl sites for hydroxylation is 1. The molecular weight excluding hydrogens is 257 g/mol. The van der Waals surface area contributed by atoms with Crippen LogP contribution < -0.4 is 0 Å². The van der Waals surface area contributed by atoms with Crippen LogP contribution in [0.5, 0.6) is 0 Å². The molecule has 0 radical (unpaired) electrons. The first-order valence-electron chi connectivity index (χ1n) is 3.41. The van der Waals surface area contributed by atoms with Gasteiger partial charge in [0, 0.05) is 8.80 Å². The van der Waals surface area contributed by atoms with Crippen molar-refractivity contribution in [3.63, 3.8) is 0 Å². The molecule has 0 saturated carbocycles. The van der Waals surface area contributed by atoms with Crippen molar-refractivity contribution in [2.45, 2.75) is 23.2 Å². The minimum Gasteiger partial charge on any atom is -0.249 e.